The first-order valence-corrected chi connectivity index (χ1v) is 9.94. The molecule has 1 N–H and O–H groups in total. The van der Waals surface area contributed by atoms with Crippen molar-refractivity contribution in [2.45, 2.75) is 13.5 Å². The summed E-state index contributed by atoms with van der Waals surface area (Å²) in [6.07, 6.45) is 0. The van der Waals surface area contributed by atoms with Crippen LogP contribution in [0.15, 0.2) is 60.7 Å². The van der Waals surface area contributed by atoms with E-state index >= 15 is 0 Å². The van der Waals surface area contributed by atoms with E-state index in [1.807, 2.05) is 49.4 Å². The van der Waals surface area contributed by atoms with E-state index in [0.29, 0.717) is 0 Å². The van der Waals surface area contributed by atoms with Gasteiger partial charge in [-0.05, 0) is 30.7 Å². The van der Waals surface area contributed by atoms with Gasteiger partial charge in [0.25, 0.3) is 0 Å². The van der Waals surface area contributed by atoms with Crippen molar-refractivity contribution < 1.29 is 0 Å². The van der Waals surface area contributed by atoms with Crippen molar-refractivity contribution in [3.05, 3.63) is 77.1 Å². The second kappa shape index (κ2) is 8.48. The molecule has 0 unspecified atom stereocenters. The number of benzene rings is 2. The monoisotopic (exact) mass is 393 g/mol. The van der Waals surface area contributed by atoms with E-state index in [1.165, 1.54) is 11.3 Å². The molecule has 0 aliphatic carbocycles. The molecule has 0 radical (unpaired) electrons. The van der Waals surface area contributed by atoms with E-state index in [-0.39, 0.29) is 0 Å². The summed E-state index contributed by atoms with van der Waals surface area (Å²) in [5.74, 6) is 2.63. The molecule has 28 heavy (non-hydrogen) atoms. The van der Waals surface area contributed by atoms with E-state index in [2.05, 4.69) is 43.3 Å². The minimum atomic E-state index is 0.749. The molecule has 0 amide bonds. The molecule has 1 saturated heterocycles. The zero-order valence-corrected chi connectivity index (χ0v) is 16.7. The van der Waals surface area contributed by atoms with E-state index in [9.17, 15) is 0 Å². The predicted octanol–water partition coefficient (Wildman–Crippen LogP) is 4.38. The Morgan fingerprint density at radius 1 is 0.893 bits per heavy atom. The van der Waals surface area contributed by atoms with Gasteiger partial charge < -0.3 is 15.1 Å². The standard InChI is InChI=1S/C22H24ClN5/c1-17-25-21(24-16-18-6-3-2-4-7-18)15-22(26-17)28-12-10-27(11-13-28)20-9-5-8-19(23)14-20/h2-9,14-15H,10-13,16H2,1H3,(H,24,25,26). The van der Waals surface area contributed by atoms with Crippen molar-refractivity contribution in [1.29, 1.82) is 0 Å². The molecule has 0 spiro atoms. The quantitative estimate of drug-likeness (QED) is 0.697. The summed E-state index contributed by atoms with van der Waals surface area (Å²) in [6, 6.07) is 20.4. The lowest BCUT2D eigenvalue weighted by atomic mass is 10.2. The largest absolute Gasteiger partial charge is 0.368 e. The molecular formula is C22H24ClN5. The Balaban J connectivity index is 1.41. The SMILES string of the molecule is Cc1nc(NCc2ccccc2)cc(N2CCN(c3cccc(Cl)c3)CC2)n1. The molecule has 144 valence electrons. The van der Waals surface area contributed by atoms with Gasteiger partial charge in [-0.15, -0.1) is 0 Å². The van der Waals surface area contributed by atoms with Gasteiger partial charge in [0.05, 0.1) is 0 Å². The lowest BCUT2D eigenvalue weighted by Crippen LogP contribution is -2.46. The van der Waals surface area contributed by atoms with Crippen molar-refractivity contribution in [3.63, 3.8) is 0 Å². The van der Waals surface area contributed by atoms with Crippen LogP contribution in [0, 0.1) is 6.92 Å². The number of anilines is 3. The van der Waals surface area contributed by atoms with Crippen molar-refractivity contribution in [3.8, 4) is 0 Å². The number of piperazine rings is 1. The maximum atomic E-state index is 6.14. The molecule has 6 heteroatoms. The number of nitrogens with zero attached hydrogens (tertiary/aromatic N) is 4. The third kappa shape index (κ3) is 4.54. The van der Waals surface area contributed by atoms with Crippen molar-refractivity contribution in [2.75, 3.05) is 41.3 Å². The average Bonchev–Trinajstić information content (AvgIpc) is 2.73. The molecule has 0 saturated carbocycles. The van der Waals surface area contributed by atoms with Crippen molar-refractivity contribution in [1.82, 2.24) is 9.97 Å². The lowest BCUT2D eigenvalue weighted by molar-refractivity contribution is 0.646. The van der Waals surface area contributed by atoms with Crippen molar-refractivity contribution in [2.24, 2.45) is 0 Å². The van der Waals surface area contributed by atoms with Gasteiger partial charge in [-0.3, -0.25) is 0 Å². The van der Waals surface area contributed by atoms with Crippen LogP contribution in [-0.2, 0) is 6.54 Å². The number of rotatable bonds is 5. The summed E-state index contributed by atoms with van der Waals surface area (Å²) in [5, 5.41) is 4.20. The number of hydrogen-bond donors (Lipinski definition) is 1. The van der Waals surface area contributed by atoms with Gasteiger partial charge in [-0.1, -0.05) is 48.0 Å². The summed E-state index contributed by atoms with van der Waals surface area (Å²) < 4.78 is 0. The first kappa shape index (κ1) is 18.6. The third-order valence-corrected chi connectivity index (χ3v) is 5.15. The predicted molar refractivity (Wildman–Crippen MR) is 116 cm³/mol. The Kier molecular flexibility index (Phi) is 5.63. The van der Waals surface area contributed by atoms with Gasteiger partial charge in [-0.2, -0.15) is 0 Å². The molecular weight excluding hydrogens is 370 g/mol. The first-order valence-electron chi connectivity index (χ1n) is 9.56. The number of halogens is 1. The minimum Gasteiger partial charge on any atom is -0.368 e. The van der Waals surface area contributed by atoms with Crippen LogP contribution >= 0.6 is 11.6 Å². The van der Waals surface area contributed by atoms with Crippen LogP contribution in [0.5, 0.6) is 0 Å². The molecule has 2 heterocycles. The number of hydrogen-bond acceptors (Lipinski definition) is 5. The highest BCUT2D eigenvalue weighted by atomic mass is 35.5. The van der Waals surface area contributed by atoms with Gasteiger partial charge in [0.2, 0.25) is 0 Å². The molecule has 5 nitrogen and oxygen atoms in total. The summed E-state index contributed by atoms with van der Waals surface area (Å²) in [6.45, 7) is 6.41. The van der Waals surface area contributed by atoms with Crippen LogP contribution in [0.2, 0.25) is 5.02 Å². The van der Waals surface area contributed by atoms with E-state index in [0.717, 1.165) is 55.2 Å². The summed E-state index contributed by atoms with van der Waals surface area (Å²) in [4.78, 5) is 13.9. The Bertz CT molecular complexity index is 923. The second-order valence-corrected chi connectivity index (χ2v) is 7.39. The van der Waals surface area contributed by atoms with Crippen LogP contribution in [-0.4, -0.2) is 36.1 Å². The summed E-state index contributed by atoms with van der Waals surface area (Å²) in [5.41, 5.74) is 2.41. The second-order valence-electron chi connectivity index (χ2n) is 6.95. The number of nitrogens with one attached hydrogen (secondary N) is 1. The number of aromatic nitrogens is 2. The molecule has 1 aromatic heterocycles. The van der Waals surface area contributed by atoms with Crippen LogP contribution in [0.3, 0.4) is 0 Å². The number of aryl methyl sites for hydroxylation is 1. The normalized spacial score (nSPS) is 14.2. The van der Waals surface area contributed by atoms with Crippen LogP contribution in [0.1, 0.15) is 11.4 Å². The summed E-state index contributed by atoms with van der Waals surface area (Å²) in [7, 11) is 0. The molecule has 2 aromatic carbocycles. The Morgan fingerprint density at radius 2 is 1.64 bits per heavy atom. The van der Waals surface area contributed by atoms with E-state index in [1.54, 1.807) is 0 Å². The van der Waals surface area contributed by atoms with E-state index in [4.69, 9.17) is 11.6 Å². The third-order valence-electron chi connectivity index (χ3n) is 4.92. The Morgan fingerprint density at radius 3 is 2.39 bits per heavy atom. The zero-order chi connectivity index (χ0) is 19.3. The fraction of sp³-hybridized carbons (Fsp3) is 0.273. The smallest absolute Gasteiger partial charge is 0.134 e. The summed E-state index contributed by atoms with van der Waals surface area (Å²) >= 11 is 6.14. The minimum absolute atomic E-state index is 0.749. The molecule has 0 bridgehead atoms. The van der Waals surface area contributed by atoms with Gasteiger partial charge in [0, 0.05) is 49.5 Å². The fourth-order valence-electron chi connectivity index (χ4n) is 3.46. The van der Waals surface area contributed by atoms with Gasteiger partial charge in [0.1, 0.15) is 17.5 Å². The first-order chi connectivity index (χ1) is 13.7. The van der Waals surface area contributed by atoms with Crippen LogP contribution < -0.4 is 15.1 Å². The van der Waals surface area contributed by atoms with E-state index < -0.39 is 0 Å². The maximum absolute atomic E-state index is 6.14. The Hall–Kier alpha value is -2.79. The fourth-order valence-corrected chi connectivity index (χ4v) is 3.64. The zero-order valence-electron chi connectivity index (χ0n) is 16.0. The van der Waals surface area contributed by atoms with Crippen LogP contribution in [0.25, 0.3) is 0 Å². The molecule has 0 atom stereocenters. The van der Waals surface area contributed by atoms with Gasteiger partial charge >= 0.3 is 0 Å². The highest BCUT2D eigenvalue weighted by molar-refractivity contribution is 6.30. The molecule has 1 aliphatic rings. The van der Waals surface area contributed by atoms with Crippen molar-refractivity contribution >= 4 is 28.9 Å². The molecule has 1 fully saturated rings. The maximum Gasteiger partial charge on any atom is 0.134 e. The highest BCUT2D eigenvalue weighted by Crippen LogP contribution is 2.23. The molecule has 1 aliphatic heterocycles. The molecule has 3 aromatic rings. The van der Waals surface area contributed by atoms with Gasteiger partial charge in [0.15, 0.2) is 0 Å². The topological polar surface area (TPSA) is 44.3 Å². The van der Waals surface area contributed by atoms with Crippen LogP contribution in [0.4, 0.5) is 17.3 Å². The lowest BCUT2D eigenvalue weighted by Gasteiger charge is -2.37. The average molecular weight is 394 g/mol. The highest BCUT2D eigenvalue weighted by Gasteiger charge is 2.19. The molecule has 4 rings (SSSR count). The van der Waals surface area contributed by atoms with Gasteiger partial charge in [-0.25, -0.2) is 9.97 Å². The Labute approximate surface area is 171 Å².